The molecule has 3 atom stereocenters. The van der Waals surface area contributed by atoms with E-state index in [2.05, 4.69) is 70.7 Å². The van der Waals surface area contributed by atoms with E-state index in [-0.39, 0.29) is 22.8 Å². The van der Waals surface area contributed by atoms with E-state index in [0.29, 0.717) is 12.0 Å². The third-order valence-electron chi connectivity index (χ3n) is 5.11. The zero-order valence-corrected chi connectivity index (χ0v) is 20.1. The average molecular weight is 510 g/mol. The van der Waals surface area contributed by atoms with Crippen molar-refractivity contribution in [2.45, 2.75) is 70.7 Å². The molecule has 2 heterocycles. The number of rotatable bonds is 4. The van der Waals surface area contributed by atoms with Crippen molar-refractivity contribution in [1.82, 2.24) is 9.55 Å². The third-order valence-corrected chi connectivity index (χ3v) is 10.1. The lowest BCUT2D eigenvalue weighted by Crippen LogP contribution is -2.45. The molecule has 146 valence electrons. The van der Waals surface area contributed by atoms with E-state index < -0.39 is 20.2 Å². The minimum absolute atomic E-state index is 0.0659. The van der Waals surface area contributed by atoms with Crippen LogP contribution in [0.1, 0.15) is 39.0 Å². The van der Waals surface area contributed by atoms with Gasteiger partial charge in [-0.15, -0.1) is 0 Å². The molecule has 0 aromatic carbocycles. The number of halogens is 2. The number of aromatic nitrogens is 2. The highest BCUT2D eigenvalue weighted by molar-refractivity contribution is 9.28. The normalized spacial score (nSPS) is 23.9. The molecule has 0 spiro atoms. The average Bonchev–Trinajstić information content (AvgIpc) is 2.82. The summed E-state index contributed by atoms with van der Waals surface area (Å²) in [5.74, 6) is 0. The largest absolute Gasteiger partial charge is 0.411 e. The molecule has 2 rings (SSSR count). The molecule has 1 aromatic heterocycles. The summed E-state index contributed by atoms with van der Waals surface area (Å²) < 4.78 is 14.9. The van der Waals surface area contributed by atoms with Gasteiger partial charge in [0.05, 0.1) is 9.50 Å². The van der Waals surface area contributed by atoms with Gasteiger partial charge >= 0.3 is 5.69 Å². The molecule has 0 aliphatic carbocycles. The van der Waals surface area contributed by atoms with Crippen LogP contribution in [0.5, 0.6) is 0 Å². The van der Waals surface area contributed by atoms with Gasteiger partial charge in [-0.2, -0.15) is 0 Å². The number of aromatic amines is 1. The van der Waals surface area contributed by atoms with Crippen LogP contribution in [0.4, 0.5) is 0 Å². The molecule has 1 fully saturated rings. The summed E-state index contributed by atoms with van der Waals surface area (Å²) in [5, 5.41) is 0.0659. The maximum Gasteiger partial charge on any atom is 0.330 e. The Balaban J connectivity index is 2.35. The van der Waals surface area contributed by atoms with Crippen LogP contribution >= 0.6 is 31.9 Å². The van der Waals surface area contributed by atoms with Crippen molar-refractivity contribution in [2.75, 3.05) is 0 Å². The summed E-state index contributed by atoms with van der Waals surface area (Å²) in [6.45, 7) is 12.6. The second kappa shape index (κ2) is 7.87. The first kappa shape index (κ1) is 21.8. The Morgan fingerprint density at radius 2 is 2.00 bits per heavy atom. The monoisotopic (exact) mass is 508 g/mol. The number of aryl methyl sites for hydroxylation is 1. The van der Waals surface area contributed by atoms with Crippen LogP contribution in [-0.4, -0.2) is 30.1 Å². The summed E-state index contributed by atoms with van der Waals surface area (Å²) in [6, 6.07) is 0. The molecule has 0 bridgehead atoms. The quantitative estimate of drug-likeness (QED) is 0.618. The topological polar surface area (TPSA) is 73.3 Å². The molecule has 1 aromatic rings. The van der Waals surface area contributed by atoms with Gasteiger partial charge in [-0.05, 0) is 63.0 Å². The van der Waals surface area contributed by atoms with Crippen molar-refractivity contribution >= 4 is 40.2 Å². The highest BCUT2D eigenvalue weighted by Crippen LogP contribution is 2.41. The second-order valence-electron chi connectivity index (χ2n) is 8.14. The molecule has 1 saturated heterocycles. The predicted octanol–water partition coefficient (Wildman–Crippen LogP) is 4.15. The zero-order valence-electron chi connectivity index (χ0n) is 15.9. The van der Waals surface area contributed by atoms with Crippen molar-refractivity contribution in [3.05, 3.63) is 42.1 Å². The van der Waals surface area contributed by atoms with Crippen molar-refractivity contribution in [3.8, 4) is 0 Å². The second-order valence-corrected chi connectivity index (χ2v) is 15.7. The summed E-state index contributed by atoms with van der Waals surface area (Å²) in [7, 11) is -2.01. The predicted molar refractivity (Wildman–Crippen MR) is 113 cm³/mol. The molecule has 6 nitrogen and oxygen atoms in total. The van der Waals surface area contributed by atoms with Crippen LogP contribution in [0.2, 0.25) is 18.1 Å². The maximum absolute atomic E-state index is 12.2. The van der Waals surface area contributed by atoms with Gasteiger partial charge < -0.3 is 9.16 Å². The molecule has 0 radical (unpaired) electrons. The molecular weight excluding hydrogens is 484 g/mol. The zero-order chi connectivity index (χ0) is 19.9. The molecule has 1 aliphatic rings. The van der Waals surface area contributed by atoms with Gasteiger partial charge in [0.1, 0.15) is 12.3 Å². The summed E-state index contributed by atoms with van der Waals surface area (Å²) in [5.41, 5.74) is -0.382. The van der Waals surface area contributed by atoms with Crippen LogP contribution in [0, 0.1) is 6.92 Å². The van der Waals surface area contributed by atoms with E-state index in [1.165, 1.54) is 4.57 Å². The lowest BCUT2D eigenvalue weighted by molar-refractivity contribution is 0.00640. The first-order valence-electron chi connectivity index (χ1n) is 8.50. The molecule has 9 heteroatoms. The van der Waals surface area contributed by atoms with E-state index in [0.717, 1.165) is 3.39 Å². The van der Waals surface area contributed by atoms with Crippen molar-refractivity contribution < 1.29 is 9.16 Å². The molecule has 0 amide bonds. The SMILES string of the molecule is Cc1cn([C@H]2C[C@H](O[Si](C)(C)C(C)(C)C)[C@@H](C=C(Br)Br)O2)c(=O)[nH]c1=O. The van der Waals surface area contributed by atoms with Crippen molar-refractivity contribution in [1.29, 1.82) is 0 Å². The third kappa shape index (κ3) is 4.86. The van der Waals surface area contributed by atoms with Gasteiger partial charge in [0.15, 0.2) is 8.32 Å². The van der Waals surface area contributed by atoms with Gasteiger partial charge in [-0.3, -0.25) is 14.3 Å². The highest BCUT2D eigenvalue weighted by Gasteiger charge is 2.44. The van der Waals surface area contributed by atoms with Crippen LogP contribution in [-0.2, 0) is 9.16 Å². The van der Waals surface area contributed by atoms with Crippen molar-refractivity contribution in [3.63, 3.8) is 0 Å². The minimum Gasteiger partial charge on any atom is -0.411 e. The minimum atomic E-state index is -2.01. The fourth-order valence-electron chi connectivity index (χ4n) is 2.58. The first-order valence-corrected chi connectivity index (χ1v) is 13.0. The number of ether oxygens (including phenoxy) is 1. The van der Waals surface area contributed by atoms with Crippen LogP contribution in [0.15, 0.2) is 25.3 Å². The number of nitrogens with one attached hydrogen (secondary N) is 1. The fraction of sp³-hybridized carbons (Fsp3) is 0.647. The Bertz CT molecular complexity index is 806. The molecule has 1 aliphatic heterocycles. The van der Waals surface area contributed by atoms with Crippen LogP contribution < -0.4 is 11.2 Å². The number of H-pyrrole nitrogens is 1. The van der Waals surface area contributed by atoms with Gasteiger partial charge in [0.25, 0.3) is 5.56 Å². The lowest BCUT2D eigenvalue weighted by atomic mass is 10.2. The lowest BCUT2D eigenvalue weighted by Gasteiger charge is -2.39. The van der Waals surface area contributed by atoms with E-state index >= 15 is 0 Å². The van der Waals surface area contributed by atoms with E-state index in [9.17, 15) is 9.59 Å². The molecule has 0 unspecified atom stereocenters. The Labute approximate surface area is 171 Å². The maximum atomic E-state index is 12.2. The Morgan fingerprint density at radius 1 is 1.38 bits per heavy atom. The summed E-state index contributed by atoms with van der Waals surface area (Å²) >= 11 is 6.76. The molecule has 0 saturated carbocycles. The smallest absolute Gasteiger partial charge is 0.330 e. The first-order chi connectivity index (χ1) is 11.8. The molecule has 1 N–H and O–H groups in total. The van der Waals surface area contributed by atoms with Crippen LogP contribution in [0.3, 0.4) is 0 Å². The van der Waals surface area contributed by atoms with E-state index in [4.69, 9.17) is 9.16 Å². The Kier molecular flexibility index (Phi) is 6.60. The Morgan fingerprint density at radius 3 is 2.54 bits per heavy atom. The fourth-order valence-corrected chi connectivity index (χ4v) is 4.44. The number of nitrogens with zero attached hydrogens (tertiary/aromatic N) is 1. The van der Waals surface area contributed by atoms with E-state index in [1.807, 2.05) is 6.08 Å². The summed E-state index contributed by atoms with van der Waals surface area (Å²) in [4.78, 5) is 26.2. The summed E-state index contributed by atoms with van der Waals surface area (Å²) in [6.07, 6.45) is 3.00. The van der Waals surface area contributed by atoms with Crippen LogP contribution in [0.25, 0.3) is 0 Å². The van der Waals surface area contributed by atoms with E-state index in [1.54, 1.807) is 13.1 Å². The Hall–Kier alpha value is -0.483. The molecule has 26 heavy (non-hydrogen) atoms. The van der Waals surface area contributed by atoms with Gasteiger partial charge in [-0.25, -0.2) is 4.79 Å². The van der Waals surface area contributed by atoms with Gasteiger partial charge in [0, 0.05) is 18.2 Å². The van der Waals surface area contributed by atoms with Gasteiger partial charge in [-0.1, -0.05) is 20.8 Å². The highest BCUT2D eigenvalue weighted by atomic mass is 79.9. The van der Waals surface area contributed by atoms with Gasteiger partial charge in [0.2, 0.25) is 0 Å². The number of hydrogen-bond acceptors (Lipinski definition) is 4. The number of hydrogen-bond donors (Lipinski definition) is 1. The van der Waals surface area contributed by atoms with Crippen molar-refractivity contribution in [2.24, 2.45) is 0 Å². The standard InChI is InChI=1S/C17H26Br2N2O4Si/c1-10-9-21(16(23)20-15(10)22)14-8-12(11(24-14)7-13(18)19)25-26(5,6)17(2,3)4/h7,9,11-12,14H,8H2,1-6H3,(H,20,22,23)/t11-,12+,14-/m1/s1. The molecular formula is C17H26Br2N2O4Si.